The Labute approximate surface area is 96.5 Å². The number of carbonyl (C=O) groups is 1. The Morgan fingerprint density at radius 2 is 2.12 bits per heavy atom. The molecule has 0 aliphatic heterocycles. The maximum Gasteiger partial charge on any atom is 0.375 e. The first-order valence-electron chi connectivity index (χ1n) is 4.93. The second-order valence-electron chi connectivity index (χ2n) is 3.58. The maximum atomic E-state index is 13.4. The Bertz CT molecular complexity index is 592. The predicted molar refractivity (Wildman–Crippen MR) is 57.8 cm³/mol. The van der Waals surface area contributed by atoms with Gasteiger partial charge in [0, 0.05) is 5.56 Å². The molecule has 0 saturated heterocycles. The molecular weight excluding hydrogens is 225 g/mol. The largest absolute Gasteiger partial charge is 0.475 e. The third-order valence-corrected chi connectivity index (χ3v) is 2.43. The molecule has 1 aromatic carbocycles. The van der Waals surface area contributed by atoms with E-state index < -0.39 is 5.97 Å². The quantitative estimate of drug-likeness (QED) is 0.860. The number of nitrogens with zero attached hydrogens (tertiary/aromatic N) is 3. The number of benzene rings is 1. The third-order valence-electron chi connectivity index (χ3n) is 2.43. The van der Waals surface area contributed by atoms with Crippen molar-refractivity contribution in [2.75, 3.05) is 0 Å². The Kier molecular flexibility index (Phi) is 2.63. The van der Waals surface area contributed by atoms with E-state index in [1.807, 2.05) is 0 Å². The van der Waals surface area contributed by atoms with Crippen molar-refractivity contribution in [3.63, 3.8) is 0 Å². The van der Waals surface area contributed by atoms with Gasteiger partial charge in [0.25, 0.3) is 5.82 Å². The van der Waals surface area contributed by atoms with Crippen LogP contribution in [0.15, 0.2) is 18.2 Å². The molecule has 2 rings (SSSR count). The predicted octanol–water partition coefficient (Wildman–Crippen LogP) is 1.72. The van der Waals surface area contributed by atoms with Gasteiger partial charge < -0.3 is 5.11 Å². The summed E-state index contributed by atoms with van der Waals surface area (Å²) in [5.74, 6) is -1.47. The van der Waals surface area contributed by atoms with E-state index in [0.29, 0.717) is 17.1 Å². The van der Waals surface area contributed by atoms with Crippen LogP contribution in [0.2, 0.25) is 0 Å². The van der Waals surface area contributed by atoms with E-state index in [2.05, 4.69) is 10.1 Å². The molecule has 0 fully saturated rings. The van der Waals surface area contributed by atoms with E-state index in [1.54, 1.807) is 26.0 Å². The molecule has 88 valence electrons. The molecular formula is C11H10FN3O2. The van der Waals surface area contributed by atoms with Gasteiger partial charge in [0.05, 0.1) is 5.69 Å². The summed E-state index contributed by atoms with van der Waals surface area (Å²) in [6.07, 6.45) is 0. The summed E-state index contributed by atoms with van der Waals surface area (Å²) in [5.41, 5.74) is 0.889. The Morgan fingerprint density at radius 1 is 1.41 bits per heavy atom. The third kappa shape index (κ3) is 1.89. The molecule has 1 N–H and O–H groups in total. The number of carboxylic acid groups (broad SMARTS) is 1. The van der Waals surface area contributed by atoms with Crippen LogP contribution in [0.25, 0.3) is 5.69 Å². The number of rotatable bonds is 2. The first-order valence-corrected chi connectivity index (χ1v) is 4.93. The van der Waals surface area contributed by atoms with Crippen LogP contribution in [0, 0.1) is 19.7 Å². The minimum Gasteiger partial charge on any atom is -0.475 e. The summed E-state index contributed by atoms with van der Waals surface area (Å²) < 4.78 is 14.7. The molecule has 5 nitrogen and oxygen atoms in total. The molecule has 6 heteroatoms. The summed E-state index contributed by atoms with van der Waals surface area (Å²) in [6.45, 7) is 3.22. The van der Waals surface area contributed by atoms with Crippen LogP contribution >= 0.6 is 0 Å². The standard InChI is InChI=1S/C11H10FN3O2/c1-6-8(12)4-3-5-9(6)15-7(2)13-10(14-15)11(16)17/h3-5H,1-2H3,(H,16,17). The highest BCUT2D eigenvalue weighted by Crippen LogP contribution is 2.17. The zero-order valence-corrected chi connectivity index (χ0v) is 9.31. The van der Waals surface area contributed by atoms with Gasteiger partial charge >= 0.3 is 5.97 Å². The minimum absolute atomic E-state index is 0.300. The van der Waals surface area contributed by atoms with Crippen LogP contribution in [-0.4, -0.2) is 25.8 Å². The van der Waals surface area contributed by atoms with E-state index in [0.717, 1.165) is 0 Å². The summed E-state index contributed by atoms with van der Waals surface area (Å²) in [6, 6.07) is 4.54. The summed E-state index contributed by atoms with van der Waals surface area (Å²) >= 11 is 0. The van der Waals surface area contributed by atoms with Crippen molar-refractivity contribution in [2.45, 2.75) is 13.8 Å². The molecule has 0 saturated carbocycles. The normalized spacial score (nSPS) is 10.5. The fraction of sp³-hybridized carbons (Fsp3) is 0.182. The van der Waals surface area contributed by atoms with Crippen LogP contribution < -0.4 is 0 Å². The average Bonchev–Trinajstić information content (AvgIpc) is 2.65. The first kappa shape index (κ1) is 11.3. The molecule has 0 atom stereocenters. The molecule has 0 aliphatic carbocycles. The molecule has 0 aliphatic rings. The van der Waals surface area contributed by atoms with Crippen LogP contribution in [0.3, 0.4) is 0 Å². The summed E-state index contributed by atoms with van der Waals surface area (Å²) in [5, 5.41) is 12.6. The number of aromatic nitrogens is 3. The molecule has 0 amide bonds. The fourth-order valence-corrected chi connectivity index (χ4v) is 1.53. The zero-order chi connectivity index (χ0) is 12.6. The number of aryl methyl sites for hydroxylation is 1. The lowest BCUT2D eigenvalue weighted by Gasteiger charge is -2.06. The molecule has 1 aromatic heterocycles. The minimum atomic E-state index is -1.21. The van der Waals surface area contributed by atoms with Gasteiger partial charge in [0.15, 0.2) is 0 Å². The molecule has 0 bridgehead atoms. The van der Waals surface area contributed by atoms with E-state index >= 15 is 0 Å². The van der Waals surface area contributed by atoms with Crippen molar-refractivity contribution in [2.24, 2.45) is 0 Å². The van der Waals surface area contributed by atoms with Gasteiger partial charge in [0.1, 0.15) is 11.6 Å². The van der Waals surface area contributed by atoms with E-state index in [9.17, 15) is 9.18 Å². The molecule has 0 radical (unpaired) electrons. The number of aromatic carboxylic acids is 1. The first-order chi connectivity index (χ1) is 8.00. The monoisotopic (exact) mass is 235 g/mol. The Hall–Kier alpha value is -2.24. The summed E-state index contributed by atoms with van der Waals surface area (Å²) in [4.78, 5) is 14.5. The van der Waals surface area contributed by atoms with Crippen molar-refractivity contribution in [1.82, 2.24) is 14.8 Å². The molecule has 2 aromatic rings. The van der Waals surface area contributed by atoms with Gasteiger partial charge in [-0.1, -0.05) is 6.07 Å². The highest BCUT2D eigenvalue weighted by molar-refractivity contribution is 5.83. The number of hydrogen-bond donors (Lipinski definition) is 1. The maximum absolute atomic E-state index is 13.4. The molecule has 1 heterocycles. The second kappa shape index (κ2) is 3.97. The van der Waals surface area contributed by atoms with Gasteiger partial charge in [0.2, 0.25) is 0 Å². The van der Waals surface area contributed by atoms with Gasteiger partial charge in [-0.25, -0.2) is 18.9 Å². The molecule has 0 spiro atoms. The Balaban J connectivity index is 2.60. The van der Waals surface area contributed by atoms with Crippen molar-refractivity contribution < 1.29 is 14.3 Å². The average molecular weight is 235 g/mol. The number of carboxylic acids is 1. The zero-order valence-electron chi connectivity index (χ0n) is 9.31. The van der Waals surface area contributed by atoms with Crippen LogP contribution in [0.5, 0.6) is 0 Å². The number of hydrogen-bond acceptors (Lipinski definition) is 3. The highest BCUT2D eigenvalue weighted by atomic mass is 19.1. The van der Waals surface area contributed by atoms with E-state index in [1.165, 1.54) is 10.7 Å². The van der Waals surface area contributed by atoms with Crippen molar-refractivity contribution in [3.8, 4) is 5.69 Å². The lowest BCUT2D eigenvalue weighted by atomic mass is 10.2. The topological polar surface area (TPSA) is 68.0 Å². The highest BCUT2D eigenvalue weighted by Gasteiger charge is 2.15. The van der Waals surface area contributed by atoms with Crippen molar-refractivity contribution in [1.29, 1.82) is 0 Å². The van der Waals surface area contributed by atoms with Gasteiger partial charge in [-0.3, -0.25) is 0 Å². The van der Waals surface area contributed by atoms with Crippen LogP contribution in [0.4, 0.5) is 4.39 Å². The molecule has 0 unspecified atom stereocenters. The van der Waals surface area contributed by atoms with Crippen LogP contribution in [0.1, 0.15) is 22.0 Å². The van der Waals surface area contributed by atoms with Crippen molar-refractivity contribution >= 4 is 5.97 Å². The smallest absolute Gasteiger partial charge is 0.375 e. The summed E-state index contributed by atoms with van der Waals surface area (Å²) in [7, 11) is 0. The lowest BCUT2D eigenvalue weighted by Crippen LogP contribution is -2.04. The lowest BCUT2D eigenvalue weighted by molar-refractivity contribution is 0.0683. The van der Waals surface area contributed by atoms with E-state index in [4.69, 9.17) is 5.11 Å². The Morgan fingerprint density at radius 3 is 2.71 bits per heavy atom. The van der Waals surface area contributed by atoms with Gasteiger partial charge in [-0.2, -0.15) is 0 Å². The number of halogens is 1. The SMILES string of the molecule is Cc1c(F)cccc1-n1nc(C(=O)O)nc1C. The second-order valence-corrected chi connectivity index (χ2v) is 3.58. The van der Waals surface area contributed by atoms with Gasteiger partial charge in [-0.15, -0.1) is 5.10 Å². The van der Waals surface area contributed by atoms with Crippen molar-refractivity contribution in [3.05, 3.63) is 41.2 Å². The molecule has 17 heavy (non-hydrogen) atoms. The van der Waals surface area contributed by atoms with Crippen LogP contribution in [-0.2, 0) is 0 Å². The van der Waals surface area contributed by atoms with Gasteiger partial charge in [-0.05, 0) is 26.0 Å². The fourth-order valence-electron chi connectivity index (χ4n) is 1.53. The van der Waals surface area contributed by atoms with E-state index in [-0.39, 0.29) is 11.6 Å².